The molecule has 0 bridgehead atoms. The van der Waals surface area contributed by atoms with Crippen molar-refractivity contribution in [3.63, 3.8) is 0 Å². The predicted molar refractivity (Wildman–Crippen MR) is 115 cm³/mol. The van der Waals surface area contributed by atoms with Crippen molar-refractivity contribution >= 4 is 16.8 Å². The first-order valence-corrected chi connectivity index (χ1v) is 10.5. The van der Waals surface area contributed by atoms with Crippen molar-refractivity contribution in [2.45, 2.75) is 44.7 Å². The first kappa shape index (κ1) is 19.6. The molecule has 1 N–H and O–H groups in total. The van der Waals surface area contributed by atoms with Crippen molar-refractivity contribution in [2.75, 3.05) is 20.1 Å². The van der Waals surface area contributed by atoms with Crippen molar-refractivity contribution in [3.8, 4) is 11.1 Å². The van der Waals surface area contributed by atoms with E-state index in [4.69, 9.17) is 0 Å². The average Bonchev–Trinajstić information content (AvgIpc) is 3.18. The van der Waals surface area contributed by atoms with E-state index in [9.17, 15) is 4.79 Å². The van der Waals surface area contributed by atoms with Crippen LogP contribution in [-0.2, 0) is 11.3 Å². The summed E-state index contributed by atoms with van der Waals surface area (Å²) in [4.78, 5) is 23.3. The molecule has 29 heavy (non-hydrogen) atoms. The van der Waals surface area contributed by atoms with E-state index in [0.29, 0.717) is 19.1 Å². The highest BCUT2D eigenvalue weighted by Gasteiger charge is 2.17. The fourth-order valence-electron chi connectivity index (χ4n) is 4.35. The molecule has 0 aliphatic heterocycles. The van der Waals surface area contributed by atoms with Crippen LogP contribution in [0.15, 0.2) is 49.2 Å². The Balaban J connectivity index is 1.39. The minimum absolute atomic E-state index is 0.0404. The first-order valence-electron chi connectivity index (χ1n) is 10.5. The van der Waals surface area contributed by atoms with Crippen LogP contribution in [0.1, 0.15) is 32.1 Å². The van der Waals surface area contributed by atoms with Gasteiger partial charge in [-0.1, -0.05) is 37.5 Å². The average molecular weight is 392 g/mol. The van der Waals surface area contributed by atoms with Gasteiger partial charge in [0.2, 0.25) is 5.91 Å². The van der Waals surface area contributed by atoms with Crippen LogP contribution in [0.2, 0.25) is 0 Å². The molecule has 6 nitrogen and oxygen atoms in total. The monoisotopic (exact) mass is 391 g/mol. The van der Waals surface area contributed by atoms with Gasteiger partial charge in [0.1, 0.15) is 12.9 Å². The molecule has 6 heteroatoms. The number of nitrogens with zero attached hydrogens (tertiary/aromatic N) is 4. The smallest absolute Gasteiger partial charge is 0.239 e. The molecule has 0 radical (unpaired) electrons. The maximum Gasteiger partial charge on any atom is 0.239 e. The number of likely N-dealkylation sites (N-methyl/N-ethyl adjacent to an activating group) is 1. The number of hydrogen-bond donors (Lipinski definition) is 1. The van der Waals surface area contributed by atoms with Gasteiger partial charge < -0.3 is 14.8 Å². The number of rotatable bonds is 7. The van der Waals surface area contributed by atoms with Crippen LogP contribution in [0.4, 0.5) is 0 Å². The summed E-state index contributed by atoms with van der Waals surface area (Å²) < 4.78 is 2.01. The van der Waals surface area contributed by atoms with E-state index in [2.05, 4.69) is 39.4 Å². The fourth-order valence-corrected chi connectivity index (χ4v) is 4.35. The van der Waals surface area contributed by atoms with Crippen LogP contribution in [0.5, 0.6) is 0 Å². The molecule has 2 aromatic heterocycles. The molecule has 1 aliphatic carbocycles. The summed E-state index contributed by atoms with van der Waals surface area (Å²) in [7, 11) is 2.18. The standard InChI is InChI=1S/C23H29N5O/c1-27(20-7-3-2-4-8-20)13-11-26-22(29)16-28-12-10-18-6-5-9-21(23(18)28)19-14-24-17-25-15-19/h5-6,9-10,12,14-15,17,20H,2-4,7-8,11,13,16H2,1H3,(H,26,29). The lowest BCUT2D eigenvalue weighted by Crippen LogP contribution is -2.40. The van der Waals surface area contributed by atoms with Gasteiger partial charge in [-0.2, -0.15) is 0 Å². The lowest BCUT2D eigenvalue weighted by molar-refractivity contribution is -0.121. The Morgan fingerprint density at radius 3 is 2.76 bits per heavy atom. The SMILES string of the molecule is CN(CCNC(=O)Cn1ccc2cccc(-c3cncnc3)c21)C1CCCCC1. The molecule has 2 heterocycles. The highest BCUT2D eigenvalue weighted by molar-refractivity contribution is 5.95. The van der Waals surface area contributed by atoms with Gasteiger partial charge in [0.25, 0.3) is 0 Å². The number of hydrogen-bond acceptors (Lipinski definition) is 4. The Bertz CT molecular complexity index is 946. The van der Waals surface area contributed by atoms with Gasteiger partial charge in [-0.05, 0) is 26.0 Å². The van der Waals surface area contributed by atoms with Crippen molar-refractivity contribution in [1.82, 2.24) is 24.8 Å². The van der Waals surface area contributed by atoms with Gasteiger partial charge in [-0.3, -0.25) is 4.79 Å². The van der Waals surface area contributed by atoms with Gasteiger partial charge in [-0.25, -0.2) is 9.97 Å². The van der Waals surface area contributed by atoms with Crippen molar-refractivity contribution in [2.24, 2.45) is 0 Å². The Morgan fingerprint density at radius 1 is 1.17 bits per heavy atom. The predicted octanol–water partition coefficient (Wildman–Crippen LogP) is 3.48. The Kier molecular flexibility index (Phi) is 6.20. The Hall–Kier alpha value is -2.73. The summed E-state index contributed by atoms with van der Waals surface area (Å²) in [6, 6.07) is 8.86. The van der Waals surface area contributed by atoms with Crippen LogP contribution in [0.3, 0.4) is 0 Å². The molecule has 4 rings (SSSR count). The van der Waals surface area contributed by atoms with Crippen molar-refractivity contribution < 1.29 is 4.79 Å². The molecule has 3 aromatic rings. The van der Waals surface area contributed by atoms with Crippen molar-refractivity contribution in [3.05, 3.63) is 49.2 Å². The second-order valence-corrected chi connectivity index (χ2v) is 7.94. The van der Waals surface area contributed by atoms with Crippen LogP contribution < -0.4 is 5.32 Å². The lowest BCUT2D eigenvalue weighted by Gasteiger charge is -2.31. The van der Waals surface area contributed by atoms with E-state index in [0.717, 1.165) is 28.6 Å². The fraction of sp³-hybridized carbons (Fsp3) is 0.435. The summed E-state index contributed by atoms with van der Waals surface area (Å²) >= 11 is 0. The molecule has 0 saturated heterocycles. The maximum atomic E-state index is 12.6. The molecule has 1 amide bonds. The first-order chi connectivity index (χ1) is 14.2. The highest BCUT2D eigenvalue weighted by Crippen LogP contribution is 2.28. The van der Waals surface area contributed by atoms with E-state index >= 15 is 0 Å². The zero-order valence-electron chi connectivity index (χ0n) is 17.1. The second kappa shape index (κ2) is 9.18. The number of para-hydroxylation sites is 1. The Labute approximate surface area is 172 Å². The molecule has 0 unspecified atom stereocenters. The van der Waals surface area contributed by atoms with Crippen LogP contribution in [-0.4, -0.2) is 51.5 Å². The van der Waals surface area contributed by atoms with Crippen LogP contribution in [0.25, 0.3) is 22.0 Å². The third-order valence-electron chi connectivity index (χ3n) is 5.96. The molecule has 1 saturated carbocycles. The van der Waals surface area contributed by atoms with Gasteiger partial charge >= 0.3 is 0 Å². The summed E-state index contributed by atoms with van der Waals surface area (Å²) in [5, 5.41) is 4.20. The van der Waals surface area contributed by atoms with Crippen molar-refractivity contribution in [1.29, 1.82) is 0 Å². The molecule has 152 valence electrons. The molecular formula is C23H29N5O. The third kappa shape index (κ3) is 4.65. The zero-order chi connectivity index (χ0) is 20.1. The summed E-state index contributed by atoms with van der Waals surface area (Å²) in [6.07, 6.45) is 13.7. The summed E-state index contributed by atoms with van der Waals surface area (Å²) in [5.74, 6) is 0.0404. The third-order valence-corrected chi connectivity index (χ3v) is 5.96. The van der Waals surface area contributed by atoms with Crippen LogP contribution >= 0.6 is 0 Å². The molecule has 0 atom stereocenters. The summed E-state index contributed by atoms with van der Waals surface area (Å²) in [6.45, 7) is 1.89. The molecular weight excluding hydrogens is 362 g/mol. The number of benzene rings is 1. The molecule has 1 aliphatic rings. The maximum absolute atomic E-state index is 12.6. The largest absolute Gasteiger partial charge is 0.353 e. The van der Waals surface area contributed by atoms with Gasteiger partial charge in [0.15, 0.2) is 0 Å². The topological polar surface area (TPSA) is 63.1 Å². The number of amides is 1. The quantitative estimate of drug-likeness (QED) is 0.670. The number of aromatic nitrogens is 3. The minimum atomic E-state index is 0.0404. The number of carbonyl (C=O) groups is 1. The number of fused-ring (bicyclic) bond motifs is 1. The number of nitrogens with one attached hydrogen (secondary N) is 1. The number of carbonyl (C=O) groups excluding carboxylic acids is 1. The molecule has 0 spiro atoms. The van der Waals surface area contributed by atoms with Gasteiger partial charge in [0.05, 0.1) is 5.52 Å². The second-order valence-electron chi connectivity index (χ2n) is 7.94. The normalized spacial score (nSPS) is 15.1. The van der Waals surface area contributed by atoms with Gasteiger partial charge in [-0.15, -0.1) is 0 Å². The van der Waals surface area contributed by atoms with E-state index in [1.807, 2.05) is 22.9 Å². The van der Waals surface area contributed by atoms with Crippen LogP contribution in [0, 0.1) is 0 Å². The van der Waals surface area contributed by atoms with Gasteiger partial charge in [0, 0.05) is 54.2 Å². The van der Waals surface area contributed by atoms with E-state index in [1.165, 1.54) is 38.4 Å². The summed E-state index contributed by atoms with van der Waals surface area (Å²) in [5.41, 5.74) is 3.03. The highest BCUT2D eigenvalue weighted by atomic mass is 16.1. The Morgan fingerprint density at radius 2 is 1.97 bits per heavy atom. The van der Waals surface area contributed by atoms with E-state index < -0.39 is 0 Å². The zero-order valence-corrected chi connectivity index (χ0v) is 17.1. The lowest BCUT2D eigenvalue weighted by atomic mass is 9.94. The minimum Gasteiger partial charge on any atom is -0.353 e. The van der Waals surface area contributed by atoms with E-state index in [1.54, 1.807) is 12.4 Å². The van der Waals surface area contributed by atoms with E-state index in [-0.39, 0.29) is 5.91 Å². The molecule has 1 fully saturated rings. The molecule has 1 aromatic carbocycles.